The summed E-state index contributed by atoms with van der Waals surface area (Å²) in [7, 11) is 0. The van der Waals surface area contributed by atoms with Gasteiger partial charge in [-0.3, -0.25) is 0 Å². The normalized spacial score (nSPS) is 13.5. The monoisotopic (exact) mass is 301 g/mol. The van der Waals surface area contributed by atoms with Gasteiger partial charge in [0, 0.05) is 10.6 Å². The molecule has 1 atom stereocenters. The van der Waals surface area contributed by atoms with Crippen LogP contribution in [0.15, 0.2) is 53.4 Å². The molecule has 3 nitrogen and oxygen atoms in total. The van der Waals surface area contributed by atoms with E-state index in [2.05, 4.69) is 5.32 Å². The molecule has 0 spiro atoms. The van der Waals surface area contributed by atoms with Crippen molar-refractivity contribution in [1.29, 1.82) is 0 Å². The van der Waals surface area contributed by atoms with E-state index < -0.39 is 11.5 Å². The van der Waals surface area contributed by atoms with Crippen molar-refractivity contribution >= 4 is 23.4 Å². The smallest absolute Gasteiger partial charge is 0.333 e. The van der Waals surface area contributed by atoms with Crippen LogP contribution in [0.4, 0.5) is 5.69 Å². The van der Waals surface area contributed by atoms with Crippen molar-refractivity contribution in [2.24, 2.45) is 0 Å². The Hall–Kier alpha value is -1.94. The molecule has 0 amide bonds. The van der Waals surface area contributed by atoms with Gasteiger partial charge in [0.05, 0.1) is 0 Å². The molecule has 4 heteroatoms. The van der Waals surface area contributed by atoms with Crippen LogP contribution in [0.1, 0.15) is 18.1 Å². The fraction of sp³-hybridized carbons (Fsp3) is 0.235. The fourth-order valence-electron chi connectivity index (χ4n) is 2.16. The first-order valence-electron chi connectivity index (χ1n) is 6.69. The molecule has 0 bridgehead atoms. The van der Waals surface area contributed by atoms with Gasteiger partial charge in [0.2, 0.25) is 0 Å². The van der Waals surface area contributed by atoms with Crippen LogP contribution >= 0.6 is 11.8 Å². The second-order valence-corrected chi connectivity index (χ2v) is 5.98. The van der Waals surface area contributed by atoms with Crippen LogP contribution < -0.4 is 5.32 Å². The molecule has 2 rings (SSSR count). The second-order valence-electron chi connectivity index (χ2n) is 5.10. The summed E-state index contributed by atoms with van der Waals surface area (Å²) in [6.45, 7) is 3.65. The van der Waals surface area contributed by atoms with Crippen LogP contribution in [0.2, 0.25) is 0 Å². The maximum absolute atomic E-state index is 11.8. The van der Waals surface area contributed by atoms with E-state index in [4.69, 9.17) is 0 Å². The average molecular weight is 301 g/mol. The molecule has 110 valence electrons. The highest BCUT2D eigenvalue weighted by Gasteiger charge is 2.35. The third-order valence-electron chi connectivity index (χ3n) is 3.62. The van der Waals surface area contributed by atoms with E-state index in [1.54, 1.807) is 18.7 Å². The van der Waals surface area contributed by atoms with E-state index >= 15 is 0 Å². The first kappa shape index (κ1) is 15.4. The minimum atomic E-state index is -1.16. The number of benzene rings is 2. The molecule has 2 aromatic rings. The largest absolute Gasteiger partial charge is 0.479 e. The summed E-state index contributed by atoms with van der Waals surface area (Å²) in [4.78, 5) is 12.9. The van der Waals surface area contributed by atoms with Crippen LogP contribution in [0.25, 0.3) is 0 Å². The number of rotatable bonds is 5. The number of carbonyl (C=O) groups is 1. The van der Waals surface area contributed by atoms with E-state index in [-0.39, 0.29) is 0 Å². The Labute approximate surface area is 129 Å². The lowest BCUT2D eigenvalue weighted by atomic mass is 9.91. The van der Waals surface area contributed by atoms with E-state index in [9.17, 15) is 9.90 Å². The molecule has 0 fully saturated rings. The SMILES string of the molecule is CSc1ccc(C(C)(Nc2ccccc2C)C(=O)O)cc1. The molecule has 0 saturated heterocycles. The molecule has 0 aromatic heterocycles. The number of carboxylic acid groups (broad SMARTS) is 1. The van der Waals surface area contributed by atoms with Crippen LogP contribution in [0.3, 0.4) is 0 Å². The van der Waals surface area contributed by atoms with Gasteiger partial charge >= 0.3 is 5.97 Å². The van der Waals surface area contributed by atoms with E-state index in [0.29, 0.717) is 0 Å². The van der Waals surface area contributed by atoms with Gasteiger partial charge < -0.3 is 10.4 Å². The maximum atomic E-state index is 11.8. The molecule has 0 aliphatic carbocycles. The minimum absolute atomic E-state index is 0.732. The molecule has 1 unspecified atom stereocenters. The Balaban J connectivity index is 2.40. The number of anilines is 1. The van der Waals surface area contributed by atoms with Crippen molar-refractivity contribution in [3.63, 3.8) is 0 Å². The van der Waals surface area contributed by atoms with Crippen molar-refractivity contribution in [2.75, 3.05) is 11.6 Å². The molecule has 2 aromatic carbocycles. The molecule has 2 N–H and O–H groups in total. The predicted octanol–water partition coefficient (Wildman–Crippen LogP) is 4.13. The summed E-state index contributed by atoms with van der Waals surface area (Å²) in [6.07, 6.45) is 2.00. The number of thioether (sulfide) groups is 1. The Kier molecular flexibility index (Phi) is 4.58. The van der Waals surface area contributed by atoms with Crippen molar-refractivity contribution in [2.45, 2.75) is 24.3 Å². The van der Waals surface area contributed by atoms with E-state index in [1.165, 1.54) is 0 Å². The topological polar surface area (TPSA) is 49.3 Å². The lowest BCUT2D eigenvalue weighted by molar-refractivity contribution is -0.142. The summed E-state index contributed by atoms with van der Waals surface area (Å²) >= 11 is 1.64. The number of aliphatic carboxylic acids is 1. The van der Waals surface area contributed by atoms with E-state index in [1.807, 2.05) is 61.7 Å². The lowest BCUT2D eigenvalue weighted by Crippen LogP contribution is -2.40. The number of nitrogens with one attached hydrogen (secondary N) is 1. The van der Waals surface area contributed by atoms with Gasteiger partial charge in [0.1, 0.15) is 0 Å². The molecule has 0 saturated carbocycles. The predicted molar refractivity (Wildman–Crippen MR) is 88.0 cm³/mol. The summed E-state index contributed by atoms with van der Waals surface area (Å²) in [5, 5.41) is 12.9. The molecular formula is C17H19NO2S. The summed E-state index contributed by atoms with van der Waals surface area (Å²) in [5.41, 5.74) is 1.42. The number of hydrogen-bond acceptors (Lipinski definition) is 3. The zero-order chi connectivity index (χ0) is 15.5. The van der Waals surface area contributed by atoms with Crippen molar-refractivity contribution in [3.05, 3.63) is 59.7 Å². The standard InChI is InChI=1S/C17H19NO2S/c1-12-6-4-5-7-15(12)18-17(2,16(19)20)13-8-10-14(21-3)11-9-13/h4-11,18H,1-3H3,(H,19,20). The summed E-state index contributed by atoms with van der Waals surface area (Å²) in [6, 6.07) is 15.3. The van der Waals surface area contributed by atoms with Crippen molar-refractivity contribution in [3.8, 4) is 0 Å². The fourth-order valence-corrected chi connectivity index (χ4v) is 2.56. The zero-order valence-electron chi connectivity index (χ0n) is 12.4. The van der Waals surface area contributed by atoms with Gasteiger partial charge in [-0.25, -0.2) is 4.79 Å². The van der Waals surface area contributed by atoms with Gasteiger partial charge in [-0.2, -0.15) is 0 Å². The second kappa shape index (κ2) is 6.22. The van der Waals surface area contributed by atoms with Gasteiger partial charge in [-0.1, -0.05) is 30.3 Å². The van der Waals surface area contributed by atoms with E-state index in [0.717, 1.165) is 21.7 Å². The van der Waals surface area contributed by atoms with Gasteiger partial charge in [-0.15, -0.1) is 11.8 Å². The van der Waals surface area contributed by atoms with Gasteiger partial charge in [-0.05, 0) is 49.4 Å². The Morgan fingerprint density at radius 2 is 1.76 bits per heavy atom. The molecule has 0 aliphatic heterocycles. The zero-order valence-corrected chi connectivity index (χ0v) is 13.2. The first-order valence-corrected chi connectivity index (χ1v) is 7.91. The van der Waals surface area contributed by atoms with Crippen LogP contribution in [0.5, 0.6) is 0 Å². The first-order chi connectivity index (χ1) is 9.97. The van der Waals surface area contributed by atoms with Gasteiger partial charge in [0.15, 0.2) is 5.54 Å². The van der Waals surface area contributed by atoms with Crippen LogP contribution in [0, 0.1) is 6.92 Å². The third kappa shape index (κ3) is 3.22. The number of para-hydroxylation sites is 1. The highest BCUT2D eigenvalue weighted by atomic mass is 32.2. The van der Waals surface area contributed by atoms with Crippen LogP contribution in [-0.2, 0) is 10.3 Å². The minimum Gasteiger partial charge on any atom is -0.479 e. The summed E-state index contributed by atoms with van der Waals surface area (Å²) in [5.74, 6) is -0.900. The third-order valence-corrected chi connectivity index (χ3v) is 4.37. The van der Waals surface area contributed by atoms with Gasteiger partial charge in [0.25, 0.3) is 0 Å². The highest BCUT2D eigenvalue weighted by molar-refractivity contribution is 7.98. The van der Waals surface area contributed by atoms with Crippen LogP contribution in [-0.4, -0.2) is 17.3 Å². The quantitative estimate of drug-likeness (QED) is 0.815. The summed E-state index contributed by atoms with van der Waals surface area (Å²) < 4.78 is 0. The Bertz CT molecular complexity index is 639. The Morgan fingerprint density at radius 1 is 1.14 bits per heavy atom. The lowest BCUT2D eigenvalue weighted by Gasteiger charge is -2.29. The molecule has 0 aliphatic rings. The number of hydrogen-bond donors (Lipinski definition) is 2. The highest BCUT2D eigenvalue weighted by Crippen LogP contribution is 2.29. The molecule has 0 radical (unpaired) electrons. The molecular weight excluding hydrogens is 282 g/mol. The molecule has 0 heterocycles. The number of carboxylic acids is 1. The van der Waals surface area contributed by atoms with Crippen molar-refractivity contribution < 1.29 is 9.90 Å². The average Bonchev–Trinajstić information content (AvgIpc) is 2.49. The molecule has 21 heavy (non-hydrogen) atoms. The van der Waals surface area contributed by atoms with Crippen molar-refractivity contribution in [1.82, 2.24) is 0 Å². The maximum Gasteiger partial charge on any atom is 0.333 e. The Morgan fingerprint density at radius 3 is 2.29 bits per heavy atom. The number of aryl methyl sites for hydroxylation is 1.